The number of ether oxygens (including phenoxy) is 3. The monoisotopic (exact) mass is 555 g/mol. The molecule has 0 radical (unpaired) electrons. The van der Waals surface area contributed by atoms with Crippen LogP contribution in [0.15, 0.2) is 97.1 Å². The van der Waals surface area contributed by atoms with E-state index in [-0.39, 0.29) is 11.1 Å². The Balaban J connectivity index is 1.40. The third-order valence-electron chi connectivity index (χ3n) is 6.61. The topological polar surface area (TPSA) is 106 Å². The molecule has 0 unspecified atom stereocenters. The average Bonchev–Trinajstić information content (AvgIpc) is 3.00. The molecule has 0 atom stereocenters. The predicted octanol–water partition coefficient (Wildman–Crippen LogP) is 5.79. The molecule has 0 bridgehead atoms. The van der Waals surface area contributed by atoms with E-state index in [0.29, 0.717) is 38.6 Å². The third kappa shape index (κ3) is 8.84. The van der Waals surface area contributed by atoms with Crippen LogP contribution in [-0.2, 0) is 19.6 Å². The Bertz CT molecular complexity index is 1420. The van der Waals surface area contributed by atoms with Crippen molar-refractivity contribution >= 4 is 11.9 Å². The Morgan fingerprint density at radius 2 is 1.27 bits per heavy atom. The summed E-state index contributed by atoms with van der Waals surface area (Å²) in [6.45, 7) is 2.77. The Hall–Kier alpha value is -4.82. The minimum atomic E-state index is -0.982. The van der Waals surface area contributed by atoms with Gasteiger partial charge in [-0.2, -0.15) is 0 Å². The highest BCUT2D eigenvalue weighted by atomic mass is 16.5. The van der Waals surface area contributed by atoms with Crippen molar-refractivity contribution in [2.45, 2.75) is 19.6 Å². The normalized spacial score (nSPS) is 10.8. The van der Waals surface area contributed by atoms with Crippen LogP contribution in [0.25, 0.3) is 0 Å². The number of hydrogen-bond acceptors (Lipinski definition) is 6. The van der Waals surface area contributed by atoms with Crippen LogP contribution in [0.5, 0.6) is 17.2 Å². The summed E-state index contributed by atoms with van der Waals surface area (Å²) in [6.07, 6.45) is 0.735. The first-order valence-corrected chi connectivity index (χ1v) is 13.3. The molecule has 0 aliphatic carbocycles. The second-order valence-electron chi connectivity index (χ2n) is 9.45. The maximum absolute atomic E-state index is 11.3. The molecule has 4 aromatic carbocycles. The number of para-hydroxylation sites is 1. The van der Waals surface area contributed by atoms with E-state index in [1.165, 1.54) is 12.1 Å². The van der Waals surface area contributed by atoms with E-state index in [1.54, 1.807) is 31.4 Å². The number of nitrogens with zero attached hydrogens (tertiary/aromatic N) is 1. The highest BCUT2D eigenvalue weighted by molar-refractivity contribution is 5.88. The maximum Gasteiger partial charge on any atom is 0.335 e. The van der Waals surface area contributed by atoms with Crippen molar-refractivity contribution in [1.29, 1.82) is 0 Å². The van der Waals surface area contributed by atoms with Gasteiger partial charge in [-0.25, -0.2) is 9.59 Å². The molecular formula is C33H33NO7. The van der Waals surface area contributed by atoms with Crippen LogP contribution in [0, 0.1) is 0 Å². The lowest BCUT2D eigenvalue weighted by Crippen LogP contribution is -2.30. The lowest BCUT2D eigenvalue weighted by Gasteiger charge is -2.23. The molecule has 4 aromatic rings. The van der Waals surface area contributed by atoms with Gasteiger partial charge in [-0.1, -0.05) is 42.5 Å². The molecule has 0 aliphatic rings. The summed E-state index contributed by atoms with van der Waals surface area (Å²) in [6, 6.07) is 29.0. The lowest BCUT2D eigenvalue weighted by atomic mass is 10.1. The van der Waals surface area contributed by atoms with Crippen molar-refractivity contribution in [3.8, 4) is 17.2 Å². The zero-order valence-corrected chi connectivity index (χ0v) is 22.9. The van der Waals surface area contributed by atoms with Gasteiger partial charge in [0.25, 0.3) is 0 Å². The lowest BCUT2D eigenvalue weighted by molar-refractivity contribution is 0.0686. The molecule has 4 rings (SSSR count). The SMILES string of the molecule is COc1ccc(COc2ccccc2CCN(CCOc2ccc(C(=O)O)cc2)Cc2ccc(C(=O)O)cc2)cc1. The molecule has 0 saturated carbocycles. The van der Waals surface area contributed by atoms with E-state index >= 15 is 0 Å². The maximum atomic E-state index is 11.3. The number of methoxy groups -OCH3 is 1. The molecule has 0 spiro atoms. The van der Waals surface area contributed by atoms with Crippen LogP contribution in [0.3, 0.4) is 0 Å². The van der Waals surface area contributed by atoms with E-state index in [1.807, 2.05) is 54.6 Å². The minimum absolute atomic E-state index is 0.205. The zero-order chi connectivity index (χ0) is 29.0. The van der Waals surface area contributed by atoms with E-state index in [4.69, 9.17) is 19.3 Å². The number of hydrogen-bond donors (Lipinski definition) is 2. The molecule has 212 valence electrons. The van der Waals surface area contributed by atoms with Crippen molar-refractivity contribution in [2.75, 3.05) is 26.8 Å². The predicted molar refractivity (Wildman–Crippen MR) is 155 cm³/mol. The fourth-order valence-corrected chi connectivity index (χ4v) is 4.28. The number of rotatable bonds is 15. The second-order valence-corrected chi connectivity index (χ2v) is 9.45. The van der Waals surface area contributed by atoms with Gasteiger partial charge in [-0.05, 0) is 77.7 Å². The molecule has 0 aliphatic heterocycles. The van der Waals surface area contributed by atoms with Gasteiger partial charge in [0, 0.05) is 19.6 Å². The van der Waals surface area contributed by atoms with Crippen molar-refractivity contribution in [2.24, 2.45) is 0 Å². The van der Waals surface area contributed by atoms with Crippen LogP contribution in [0.1, 0.15) is 37.4 Å². The molecule has 0 fully saturated rings. The van der Waals surface area contributed by atoms with Crippen molar-refractivity contribution < 1.29 is 34.0 Å². The number of benzene rings is 4. The first-order chi connectivity index (χ1) is 19.9. The van der Waals surface area contributed by atoms with Gasteiger partial charge in [-0.3, -0.25) is 4.90 Å². The molecule has 0 aromatic heterocycles. The summed E-state index contributed by atoms with van der Waals surface area (Å²) in [4.78, 5) is 24.6. The number of aromatic carboxylic acids is 2. The van der Waals surface area contributed by atoms with Crippen LogP contribution < -0.4 is 14.2 Å². The van der Waals surface area contributed by atoms with Gasteiger partial charge in [0.1, 0.15) is 30.5 Å². The standard InChI is InChI=1S/C33H33NO7/c1-39-29-14-8-25(9-15-29)23-41-31-5-3-2-4-26(31)18-19-34(22-24-6-10-27(11-7-24)32(35)36)20-21-40-30-16-12-28(13-17-30)33(37)38/h2-17H,18-23H2,1H3,(H,35,36)(H,37,38). The molecule has 0 saturated heterocycles. The van der Waals surface area contributed by atoms with E-state index in [0.717, 1.165) is 34.6 Å². The first kappa shape index (κ1) is 29.2. The molecule has 8 nitrogen and oxygen atoms in total. The number of carboxylic acid groups (broad SMARTS) is 2. The highest BCUT2D eigenvalue weighted by Crippen LogP contribution is 2.22. The fraction of sp³-hybridized carbons (Fsp3) is 0.212. The molecular weight excluding hydrogens is 522 g/mol. The summed E-state index contributed by atoms with van der Waals surface area (Å²) in [5.74, 6) is 0.279. The molecule has 41 heavy (non-hydrogen) atoms. The van der Waals surface area contributed by atoms with Gasteiger partial charge in [0.05, 0.1) is 18.2 Å². The van der Waals surface area contributed by atoms with Crippen LogP contribution in [0.4, 0.5) is 0 Å². The molecule has 0 amide bonds. The quantitative estimate of drug-likeness (QED) is 0.190. The Morgan fingerprint density at radius 3 is 1.90 bits per heavy atom. The van der Waals surface area contributed by atoms with Crippen LogP contribution in [0.2, 0.25) is 0 Å². The fourth-order valence-electron chi connectivity index (χ4n) is 4.28. The molecule has 2 N–H and O–H groups in total. The van der Waals surface area contributed by atoms with Gasteiger partial charge in [-0.15, -0.1) is 0 Å². The highest BCUT2D eigenvalue weighted by Gasteiger charge is 2.12. The number of carboxylic acids is 2. The Labute approximate surface area is 239 Å². The summed E-state index contributed by atoms with van der Waals surface area (Å²) in [5, 5.41) is 18.3. The molecule has 8 heteroatoms. The summed E-state index contributed by atoms with van der Waals surface area (Å²) < 4.78 is 17.3. The van der Waals surface area contributed by atoms with Crippen molar-refractivity contribution in [3.63, 3.8) is 0 Å². The Kier molecular flexibility index (Phi) is 10.3. The van der Waals surface area contributed by atoms with Gasteiger partial charge >= 0.3 is 11.9 Å². The van der Waals surface area contributed by atoms with Gasteiger partial charge in [0.2, 0.25) is 0 Å². The summed E-state index contributed by atoms with van der Waals surface area (Å²) in [5.41, 5.74) is 3.57. The Morgan fingerprint density at radius 1 is 0.683 bits per heavy atom. The van der Waals surface area contributed by atoms with E-state index in [2.05, 4.69) is 11.0 Å². The first-order valence-electron chi connectivity index (χ1n) is 13.3. The smallest absolute Gasteiger partial charge is 0.335 e. The largest absolute Gasteiger partial charge is 0.497 e. The van der Waals surface area contributed by atoms with Crippen molar-refractivity contribution in [1.82, 2.24) is 4.90 Å². The molecule has 0 heterocycles. The van der Waals surface area contributed by atoms with Crippen LogP contribution in [-0.4, -0.2) is 53.9 Å². The van der Waals surface area contributed by atoms with Crippen LogP contribution >= 0.6 is 0 Å². The summed E-state index contributed by atoms with van der Waals surface area (Å²) in [7, 11) is 1.64. The number of carbonyl (C=O) groups is 2. The third-order valence-corrected chi connectivity index (χ3v) is 6.61. The van der Waals surface area contributed by atoms with E-state index in [9.17, 15) is 14.7 Å². The van der Waals surface area contributed by atoms with Gasteiger partial charge < -0.3 is 24.4 Å². The van der Waals surface area contributed by atoms with E-state index < -0.39 is 11.9 Å². The van der Waals surface area contributed by atoms with Gasteiger partial charge in [0.15, 0.2) is 0 Å². The zero-order valence-electron chi connectivity index (χ0n) is 22.9. The summed E-state index contributed by atoms with van der Waals surface area (Å²) >= 11 is 0. The van der Waals surface area contributed by atoms with Crippen molar-refractivity contribution in [3.05, 3.63) is 125 Å². The minimum Gasteiger partial charge on any atom is -0.497 e. The second kappa shape index (κ2) is 14.5. The average molecular weight is 556 g/mol.